The molecule has 1 aromatic carbocycles. The molecule has 0 atom stereocenters. The molecule has 2 aromatic rings. The maximum atomic E-state index is 12.4. The molecule has 0 radical (unpaired) electrons. The van der Waals surface area contributed by atoms with Crippen LogP contribution in [0.15, 0.2) is 30.3 Å². The summed E-state index contributed by atoms with van der Waals surface area (Å²) in [6, 6.07) is 10.2. The smallest absolute Gasteiger partial charge is 0.410 e. The van der Waals surface area contributed by atoms with Gasteiger partial charge in [-0.3, -0.25) is 4.68 Å². The highest BCUT2D eigenvalue weighted by Gasteiger charge is 2.29. The van der Waals surface area contributed by atoms with E-state index in [1.807, 2.05) is 50.7 Å². The molecule has 23 heavy (non-hydrogen) atoms. The summed E-state index contributed by atoms with van der Waals surface area (Å²) in [5.41, 5.74) is 3.92. The van der Waals surface area contributed by atoms with Crippen LogP contribution in [-0.4, -0.2) is 32.9 Å². The van der Waals surface area contributed by atoms with Crippen molar-refractivity contribution in [3.05, 3.63) is 41.6 Å². The summed E-state index contributed by atoms with van der Waals surface area (Å²) in [5, 5.41) is 4.63. The number of fused-ring (bicyclic) bond motifs is 1. The second kappa shape index (κ2) is 5.72. The molecule has 0 fully saturated rings. The van der Waals surface area contributed by atoms with Gasteiger partial charge in [-0.1, -0.05) is 30.3 Å². The molecule has 0 saturated heterocycles. The molecule has 1 amide bonds. The zero-order valence-corrected chi connectivity index (χ0v) is 14.2. The number of aryl methyl sites for hydroxylation is 1. The molecule has 0 unspecified atom stereocenters. The Labute approximate surface area is 136 Å². The number of amides is 1. The van der Waals surface area contributed by atoms with E-state index in [9.17, 15) is 4.79 Å². The van der Waals surface area contributed by atoms with Crippen LogP contribution in [0, 0.1) is 0 Å². The Balaban J connectivity index is 1.90. The topological polar surface area (TPSA) is 47.4 Å². The lowest BCUT2D eigenvalue weighted by Crippen LogP contribution is -2.39. The molecule has 3 rings (SSSR count). The molecular weight excluding hydrogens is 290 g/mol. The van der Waals surface area contributed by atoms with Crippen LogP contribution >= 0.6 is 0 Å². The number of hydrogen-bond donors (Lipinski definition) is 0. The zero-order valence-electron chi connectivity index (χ0n) is 14.2. The summed E-state index contributed by atoms with van der Waals surface area (Å²) in [4.78, 5) is 14.1. The third-order valence-electron chi connectivity index (χ3n) is 3.89. The van der Waals surface area contributed by atoms with Crippen LogP contribution in [0.3, 0.4) is 0 Å². The summed E-state index contributed by atoms with van der Waals surface area (Å²) in [6.45, 7) is 6.86. The molecule has 0 N–H and O–H groups in total. The van der Waals surface area contributed by atoms with Gasteiger partial charge in [0.25, 0.3) is 0 Å². The van der Waals surface area contributed by atoms with Crippen LogP contribution in [0.5, 0.6) is 0 Å². The van der Waals surface area contributed by atoms with Crippen molar-refractivity contribution in [2.75, 3.05) is 6.54 Å². The average Bonchev–Trinajstić information content (AvgIpc) is 2.81. The van der Waals surface area contributed by atoms with E-state index in [0.29, 0.717) is 13.1 Å². The van der Waals surface area contributed by atoms with E-state index in [4.69, 9.17) is 4.74 Å². The minimum Gasteiger partial charge on any atom is -0.444 e. The van der Waals surface area contributed by atoms with Gasteiger partial charge in [0, 0.05) is 31.1 Å². The van der Waals surface area contributed by atoms with Gasteiger partial charge >= 0.3 is 6.09 Å². The average molecular weight is 313 g/mol. The minimum absolute atomic E-state index is 0.258. The first-order chi connectivity index (χ1) is 10.8. The van der Waals surface area contributed by atoms with Crippen LogP contribution in [0.25, 0.3) is 11.3 Å². The fraction of sp³-hybridized carbons (Fsp3) is 0.444. The number of carbonyl (C=O) groups is 1. The van der Waals surface area contributed by atoms with Gasteiger partial charge in [0.05, 0.1) is 17.9 Å². The molecule has 1 aromatic heterocycles. The second-order valence-corrected chi connectivity index (χ2v) is 6.92. The summed E-state index contributed by atoms with van der Waals surface area (Å²) in [7, 11) is 1.96. The molecule has 122 valence electrons. The van der Waals surface area contributed by atoms with Gasteiger partial charge in [-0.05, 0) is 20.8 Å². The second-order valence-electron chi connectivity index (χ2n) is 6.92. The fourth-order valence-corrected chi connectivity index (χ4v) is 2.94. The van der Waals surface area contributed by atoms with Gasteiger partial charge in [-0.15, -0.1) is 0 Å². The van der Waals surface area contributed by atoms with Crippen molar-refractivity contribution in [2.24, 2.45) is 7.05 Å². The van der Waals surface area contributed by atoms with E-state index in [2.05, 4.69) is 17.2 Å². The SMILES string of the molecule is Cn1nc2c(c1-c1ccccc1)CN(C(=O)OC(C)(C)C)CC2. The normalized spacial score (nSPS) is 14.5. The standard InChI is InChI=1S/C18H23N3O2/c1-18(2,3)23-17(22)21-11-10-15-14(12-21)16(20(4)19-15)13-8-6-5-7-9-13/h5-9H,10-12H2,1-4H3. The van der Waals surface area contributed by atoms with Gasteiger partial charge < -0.3 is 9.64 Å². The number of carbonyl (C=O) groups excluding carboxylic acids is 1. The number of nitrogens with zero attached hydrogens (tertiary/aromatic N) is 3. The van der Waals surface area contributed by atoms with Gasteiger partial charge in [-0.2, -0.15) is 5.10 Å². The zero-order chi connectivity index (χ0) is 16.6. The van der Waals surface area contributed by atoms with Crippen LogP contribution in [0.2, 0.25) is 0 Å². The molecule has 0 bridgehead atoms. The van der Waals surface area contributed by atoms with Crippen molar-refractivity contribution < 1.29 is 9.53 Å². The van der Waals surface area contributed by atoms with Gasteiger partial charge in [-0.25, -0.2) is 4.79 Å². The molecular formula is C18H23N3O2. The lowest BCUT2D eigenvalue weighted by molar-refractivity contribution is 0.0224. The van der Waals surface area contributed by atoms with Crippen molar-refractivity contribution in [1.82, 2.24) is 14.7 Å². The number of ether oxygens (including phenoxy) is 1. The maximum absolute atomic E-state index is 12.4. The van der Waals surface area contributed by atoms with Gasteiger partial charge in [0.1, 0.15) is 5.60 Å². The van der Waals surface area contributed by atoms with Crippen LogP contribution in [-0.2, 0) is 24.8 Å². The summed E-state index contributed by atoms with van der Waals surface area (Å²) in [6.07, 6.45) is 0.501. The number of rotatable bonds is 1. The Morgan fingerprint density at radius 2 is 1.91 bits per heavy atom. The third-order valence-corrected chi connectivity index (χ3v) is 3.89. The highest BCUT2D eigenvalue weighted by molar-refractivity contribution is 5.71. The fourth-order valence-electron chi connectivity index (χ4n) is 2.94. The molecule has 0 aliphatic carbocycles. The molecule has 0 saturated carbocycles. The number of aromatic nitrogens is 2. The van der Waals surface area contributed by atoms with Crippen molar-refractivity contribution in [2.45, 2.75) is 39.3 Å². The van der Waals surface area contributed by atoms with E-state index in [1.165, 1.54) is 0 Å². The Bertz CT molecular complexity index is 714. The Hall–Kier alpha value is -2.30. The Morgan fingerprint density at radius 3 is 2.57 bits per heavy atom. The summed E-state index contributed by atoms with van der Waals surface area (Å²) >= 11 is 0. The first-order valence-electron chi connectivity index (χ1n) is 7.93. The van der Waals surface area contributed by atoms with E-state index >= 15 is 0 Å². The van der Waals surface area contributed by atoms with Crippen LogP contribution in [0.1, 0.15) is 32.0 Å². The summed E-state index contributed by atoms with van der Waals surface area (Å²) in [5.74, 6) is 0. The monoisotopic (exact) mass is 313 g/mol. The number of benzene rings is 1. The summed E-state index contributed by atoms with van der Waals surface area (Å²) < 4.78 is 7.42. The Morgan fingerprint density at radius 1 is 1.22 bits per heavy atom. The van der Waals surface area contributed by atoms with Crippen molar-refractivity contribution in [1.29, 1.82) is 0 Å². The van der Waals surface area contributed by atoms with Gasteiger partial charge in [0.2, 0.25) is 0 Å². The quantitative estimate of drug-likeness (QED) is 0.811. The Kier molecular flexibility index (Phi) is 3.88. The lowest BCUT2D eigenvalue weighted by atomic mass is 10.0. The van der Waals surface area contributed by atoms with E-state index in [0.717, 1.165) is 28.9 Å². The van der Waals surface area contributed by atoms with E-state index in [1.54, 1.807) is 4.90 Å². The van der Waals surface area contributed by atoms with Crippen LogP contribution < -0.4 is 0 Å². The minimum atomic E-state index is -0.478. The molecule has 5 heteroatoms. The predicted octanol–water partition coefficient (Wildman–Crippen LogP) is 3.38. The molecule has 1 aliphatic rings. The highest BCUT2D eigenvalue weighted by Crippen LogP contribution is 2.30. The maximum Gasteiger partial charge on any atom is 0.410 e. The van der Waals surface area contributed by atoms with Crippen molar-refractivity contribution >= 4 is 6.09 Å². The third kappa shape index (κ3) is 3.23. The van der Waals surface area contributed by atoms with Crippen molar-refractivity contribution in [3.8, 4) is 11.3 Å². The van der Waals surface area contributed by atoms with Gasteiger partial charge in [0.15, 0.2) is 0 Å². The van der Waals surface area contributed by atoms with Crippen molar-refractivity contribution in [3.63, 3.8) is 0 Å². The largest absolute Gasteiger partial charge is 0.444 e. The number of hydrogen-bond acceptors (Lipinski definition) is 3. The highest BCUT2D eigenvalue weighted by atomic mass is 16.6. The molecule has 2 heterocycles. The molecule has 1 aliphatic heterocycles. The van der Waals surface area contributed by atoms with E-state index in [-0.39, 0.29) is 6.09 Å². The molecule has 0 spiro atoms. The molecule has 5 nitrogen and oxygen atoms in total. The van der Waals surface area contributed by atoms with Crippen LogP contribution in [0.4, 0.5) is 4.79 Å². The first kappa shape index (κ1) is 15.6. The first-order valence-corrected chi connectivity index (χ1v) is 7.93. The van der Waals surface area contributed by atoms with E-state index < -0.39 is 5.60 Å². The lowest BCUT2D eigenvalue weighted by Gasteiger charge is -2.30. The predicted molar refractivity (Wildman–Crippen MR) is 89.0 cm³/mol.